The van der Waals surface area contributed by atoms with E-state index in [9.17, 15) is 4.79 Å². The van der Waals surface area contributed by atoms with E-state index in [1.165, 1.54) is 0 Å². The first-order chi connectivity index (χ1) is 9.67. The highest BCUT2D eigenvalue weighted by atomic mass is 32.2. The summed E-state index contributed by atoms with van der Waals surface area (Å²) in [7, 11) is 0. The summed E-state index contributed by atoms with van der Waals surface area (Å²) in [6, 6.07) is 3.57. The van der Waals surface area contributed by atoms with Crippen molar-refractivity contribution in [1.82, 2.24) is 10.3 Å². The lowest BCUT2D eigenvalue weighted by Gasteiger charge is -2.12. The van der Waals surface area contributed by atoms with Gasteiger partial charge in [0.05, 0.1) is 6.61 Å². The third-order valence-electron chi connectivity index (χ3n) is 2.60. The van der Waals surface area contributed by atoms with Crippen molar-refractivity contribution in [2.75, 3.05) is 18.6 Å². The average molecular weight is 292 g/mol. The molecule has 1 rings (SSSR count). The molecule has 1 aromatic rings. The molecule has 0 radical (unpaired) electrons. The fraction of sp³-hybridized carbons (Fsp3) is 0.467. The van der Waals surface area contributed by atoms with Gasteiger partial charge in [-0.1, -0.05) is 11.8 Å². The maximum absolute atomic E-state index is 11.9. The van der Waals surface area contributed by atoms with Crippen LogP contribution in [-0.4, -0.2) is 40.7 Å². The summed E-state index contributed by atoms with van der Waals surface area (Å²) >= 11 is 1.76. The van der Waals surface area contributed by atoms with Crippen molar-refractivity contribution >= 4 is 17.7 Å². The number of carbonyl (C=O) groups excluding carboxylic acids is 1. The van der Waals surface area contributed by atoms with Crippen LogP contribution in [0.4, 0.5) is 0 Å². The molecule has 0 saturated carbocycles. The lowest BCUT2D eigenvalue weighted by Crippen LogP contribution is -2.33. The Hall–Kier alpha value is -1.51. The number of nitrogens with one attached hydrogen (secondary N) is 1. The Bertz CT molecular complexity index is 477. The predicted molar refractivity (Wildman–Crippen MR) is 82.7 cm³/mol. The van der Waals surface area contributed by atoms with Gasteiger partial charge in [0.15, 0.2) is 0 Å². The maximum Gasteiger partial charge on any atom is 0.270 e. The van der Waals surface area contributed by atoms with Crippen LogP contribution in [0.15, 0.2) is 18.3 Å². The lowest BCUT2D eigenvalue weighted by atomic mass is 10.2. The van der Waals surface area contributed by atoms with Crippen molar-refractivity contribution in [3.8, 4) is 11.8 Å². The first kappa shape index (κ1) is 16.5. The zero-order valence-electron chi connectivity index (χ0n) is 11.8. The first-order valence-corrected chi connectivity index (χ1v) is 7.92. The second-order valence-electron chi connectivity index (χ2n) is 4.36. The minimum absolute atomic E-state index is 0.0504. The van der Waals surface area contributed by atoms with Gasteiger partial charge in [0.2, 0.25) is 0 Å². The molecule has 0 aliphatic rings. The normalized spacial score (nSPS) is 11.3. The van der Waals surface area contributed by atoms with Gasteiger partial charge in [-0.25, -0.2) is 4.98 Å². The second kappa shape index (κ2) is 9.40. The van der Waals surface area contributed by atoms with Crippen LogP contribution in [0.3, 0.4) is 0 Å². The molecule has 0 bridgehead atoms. The summed E-state index contributed by atoms with van der Waals surface area (Å²) < 4.78 is 0. The number of hydrogen-bond donors (Lipinski definition) is 2. The highest BCUT2D eigenvalue weighted by Gasteiger charge is 2.10. The third-order valence-corrected chi connectivity index (χ3v) is 3.24. The topological polar surface area (TPSA) is 62.2 Å². The molecule has 0 saturated heterocycles. The van der Waals surface area contributed by atoms with Crippen LogP contribution in [0.1, 0.15) is 35.8 Å². The Balaban J connectivity index is 2.55. The number of aliphatic hydroxyl groups is 1. The molecule has 108 valence electrons. The van der Waals surface area contributed by atoms with Crippen molar-refractivity contribution in [2.24, 2.45) is 0 Å². The van der Waals surface area contributed by atoms with Crippen LogP contribution in [0.5, 0.6) is 0 Å². The molecule has 0 spiro atoms. The monoisotopic (exact) mass is 292 g/mol. The molecule has 0 aliphatic heterocycles. The molecule has 4 nitrogen and oxygen atoms in total. The van der Waals surface area contributed by atoms with E-state index in [0.717, 1.165) is 17.7 Å². The standard InChI is InChI=1S/C15H20N2O2S/c1-12(8-10-20-2)17-15(19)14-7-6-13(11-16-14)5-3-4-9-18/h6-7,11-12,18H,4,8-10H2,1-2H3,(H,17,19). The molecular weight excluding hydrogens is 272 g/mol. The van der Waals surface area contributed by atoms with Crippen molar-refractivity contribution in [2.45, 2.75) is 25.8 Å². The summed E-state index contributed by atoms with van der Waals surface area (Å²) in [6.45, 7) is 2.04. The van der Waals surface area contributed by atoms with Gasteiger partial charge in [0, 0.05) is 24.2 Å². The van der Waals surface area contributed by atoms with Gasteiger partial charge in [0.25, 0.3) is 5.91 Å². The molecule has 1 atom stereocenters. The summed E-state index contributed by atoms with van der Waals surface area (Å²) in [5.41, 5.74) is 1.14. The fourth-order valence-corrected chi connectivity index (χ4v) is 2.08. The van der Waals surface area contributed by atoms with Crippen molar-refractivity contribution in [3.05, 3.63) is 29.6 Å². The molecule has 1 heterocycles. The maximum atomic E-state index is 11.9. The molecule has 1 amide bonds. The van der Waals surface area contributed by atoms with Gasteiger partial charge < -0.3 is 10.4 Å². The van der Waals surface area contributed by atoms with Crippen LogP contribution in [0.2, 0.25) is 0 Å². The van der Waals surface area contributed by atoms with E-state index in [2.05, 4.69) is 22.1 Å². The van der Waals surface area contributed by atoms with Crippen molar-refractivity contribution in [3.63, 3.8) is 0 Å². The molecule has 1 aromatic heterocycles. The van der Waals surface area contributed by atoms with Crippen LogP contribution in [-0.2, 0) is 0 Å². The first-order valence-electron chi connectivity index (χ1n) is 6.53. The van der Waals surface area contributed by atoms with Gasteiger partial charge in [-0.15, -0.1) is 0 Å². The number of aromatic nitrogens is 1. The molecule has 0 fully saturated rings. The van der Waals surface area contributed by atoms with Gasteiger partial charge in [0.1, 0.15) is 5.69 Å². The minimum Gasteiger partial charge on any atom is -0.395 e. The Morgan fingerprint density at radius 2 is 2.35 bits per heavy atom. The van der Waals surface area contributed by atoms with E-state index >= 15 is 0 Å². The predicted octanol–water partition coefficient (Wildman–Crippen LogP) is 1.69. The van der Waals surface area contributed by atoms with E-state index in [1.54, 1.807) is 30.1 Å². The molecule has 20 heavy (non-hydrogen) atoms. The Kier molecular flexibility index (Phi) is 7.78. The molecule has 0 aliphatic carbocycles. The summed E-state index contributed by atoms with van der Waals surface area (Å²) in [5, 5.41) is 11.6. The number of amides is 1. The van der Waals surface area contributed by atoms with Gasteiger partial charge in [-0.3, -0.25) is 4.79 Å². The number of pyridine rings is 1. The van der Waals surface area contributed by atoms with E-state index in [0.29, 0.717) is 12.1 Å². The summed E-state index contributed by atoms with van der Waals surface area (Å²) in [5.74, 6) is 6.55. The van der Waals surface area contributed by atoms with Gasteiger partial charge in [-0.2, -0.15) is 11.8 Å². The number of nitrogens with zero attached hydrogens (tertiary/aromatic N) is 1. The van der Waals surface area contributed by atoms with Gasteiger partial charge in [-0.05, 0) is 37.5 Å². The number of thioether (sulfide) groups is 1. The summed E-state index contributed by atoms with van der Waals surface area (Å²) in [4.78, 5) is 16.0. The van der Waals surface area contributed by atoms with Crippen molar-refractivity contribution < 1.29 is 9.90 Å². The third kappa shape index (κ3) is 6.09. The van der Waals surface area contributed by atoms with Crippen LogP contribution in [0, 0.1) is 11.8 Å². The minimum atomic E-state index is -0.159. The largest absolute Gasteiger partial charge is 0.395 e. The fourth-order valence-electron chi connectivity index (χ4n) is 1.49. The number of aliphatic hydroxyl groups excluding tert-OH is 1. The molecule has 0 aromatic carbocycles. The number of carbonyl (C=O) groups is 1. The Morgan fingerprint density at radius 1 is 1.55 bits per heavy atom. The van der Waals surface area contributed by atoms with Crippen LogP contribution in [0.25, 0.3) is 0 Å². The number of hydrogen-bond acceptors (Lipinski definition) is 4. The Morgan fingerprint density at radius 3 is 2.95 bits per heavy atom. The van der Waals surface area contributed by atoms with E-state index in [-0.39, 0.29) is 18.6 Å². The second-order valence-corrected chi connectivity index (χ2v) is 5.35. The SMILES string of the molecule is CSCCC(C)NC(=O)c1ccc(C#CCCO)cn1. The smallest absolute Gasteiger partial charge is 0.270 e. The zero-order chi connectivity index (χ0) is 14.8. The number of rotatable bonds is 6. The van der Waals surface area contributed by atoms with E-state index < -0.39 is 0 Å². The van der Waals surface area contributed by atoms with Gasteiger partial charge >= 0.3 is 0 Å². The lowest BCUT2D eigenvalue weighted by molar-refractivity contribution is 0.0934. The molecule has 2 N–H and O–H groups in total. The Labute approximate surface area is 124 Å². The average Bonchev–Trinajstić information content (AvgIpc) is 2.46. The van der Waals surface area contributed by atoms with Crippen LogP contribution >= 0.6 is 11.8 Å². The van der Waals surface area contributed by atoms with E-state index in [1.807, 2.05) is 13.2 Å². The zero-order valence-corrected chi connectivity index (χ0v) is 12.7. The molecule has 5 heteroatoms. The molecule has 1 unspecified atom stereocenters. The van der Waals surface area contributed by atoms with Crippen molar-refractivity contribution in [1.29, 1.82) is 0 Å². The van der Waals surface area contributed by atoms with E-state index in [4.69, 9.17) is 5.11 Å². The quantitative estimate of drug-likeness (QED) is 0.783. The van der Waals surface area contributed by atoms with Crippen LogP contribution < -0.4 is 5.32 Å². The highest BCUT2D eigenvalue weighted by molar-refractivity contribution is 7.98. The molecular formula is C15H20N2O2S. The summed E-state index contributed by atoms with van der Waals surface area (Å²) in [6.07, 6.45) is 5.01. The highest BCUT2D eigenvalue weighted by Crippen LogP contribution is 2.03.